The first kappa shape index (κ1) is 13.9. The van der Waals surface area contributed by atoms with E-state index in [0.717, 1.165) is 17.0 Å². The molecule has 4 nitrogen and oxygen atoms in total. The zero-order valence-corrected chi connectivity index (χ0v) is 10.9. The average Bonchev–Trinajstić information content (AvgIpc) is 2.58. The molecule has 1 heterocycles. The summed E-state index contributed by atoms with van der Waals surface area (Å²) in [7, 11) is 0. The Morgan fingerprint density at radius 1 is 1.26 bits per heavy atom. The van der Waals surface area contributed by atoms with Crippen LogP contribution in [-0.2, 0) is 9.59 Å². The van der Waals surface area contributed by atoms with Gasteiger partial charge in [-0.15, -0.1) is 13.2 Å². The van der Waals surface area contributed by atoms with Crippen LogP contribution in [0.5, 0.6) is 5.75 Å². The van der Waals surface area contributed by atoms with Gasteiger partial charge in [-0.2, -0.15) is 0 Å². The van der Waals surface area contributed by atoms with Crippen molar-refractivity contribution in [1.82, 2.24) is 0 Å². The fraction of sp³-hybridized carbons (Fsp3) is 0.273. The van der Waals surface area contributed by atoms with Crippen LogP contribution in [-0.4, -0.2) is 24.6 Å². The molecule has 0 aromatic heterocycles. The number of carbonyl (C=O) groups is 2. The maximum absolute atomic E-state index is 12.1. The molecular formula is C11H7BrF3NO3. The molecule has 0 atom stereocenters. The average molecular weight is 338 g/mol. The molecule has 0 saturated carbocycles. The number of hydrogen-bond acceptors (Lipinski definition) is 3. The summed E-state index contributed by atoms with van der Waals surface area (Å²) in [5.74, 6) is -1.17. The Morgan fingerprint density at radius 3 is 2.47 bits per heavy atom. The summed E-state index contributed by atoms with van der Waals surface area (Å²) in [5, 5.41) is 0. The van der Waals surface area contributed by atoms with Gasteiger partial charge in [0.05, 0.1) is 18.7 Å². The Balaban J connectivity index is 2.32. The van der Waals surface area contributed by atoms with Gasteiger partial charge in [-0.05, 0) is 28.1 Å². The number of anilines is 1. The van der Waals surface area contributed by atoms with Gasteiger partial charge in [-0.3, -0.25) is 9.59 Å². The van der Waals surface area contributed by atoms with E-state index in [-0.39, 0.29) is 24.4 Å². The van der Waals surface area contributed by atoms with Crippen LogP contribution in [0, 0.1) is 0 Å². The number of Topliss-reactive ketones (excluding diaryl/α,β-unsaturated/α-hetero) is 1. The number of hydrogen-bond donors (Lipinski definition) is 0. The number of alkyl halides is 3. The van der Waals surface area contributed by atoms with Gasteiger partial charge in [0.1, 0.15) is 5.75 Å². The summed E-state index contributed by atoms with van der Waals surface area (Å²) < 4.78 is 40.5. The molecule has 0 spiro atoms. The summed E-state index contributed by atoms with van der Waals surface area (Å²) in [6.45, 7) is -0.146. The number of amides is 1. The van der Waals surface area contributed by atoms with Crippen LogP contribution >= 0.6 is 15.9 Å². The highest BCUT2D eigenvalue weighted by Crippen LogP contribution is 2.34. The van der Waals surface area contributed by atoms with E-state index in [9.17, 15) is 22.8 Å². The fourth-order valence-corrected chi connectivity index (χ4v) is 2.16. The predicted octanol–water partition coefficient (Wildman–Crippen LogP) is 2.65. The highest BCUT2D eigenvalue weighted by molar-refractivity contribution is 9.10. The van der Waals surface area contributed by atoms with E-state index in [0.29, 0.717) is 4.47 Å². The van der Waals surface area contributed by atoms with E-state index in [1.54, 1.807) is 0 Å². The number of rotatable bonds is 2. The second-order valence-corrected chi connectivity index (χ2v) is 4.71. The van der Waals surface area contributed by atoms with Crippen molar-refractivity contribution in [2.75, 3.05) is 11.4 Å². The van der Waals surface area contributed by atoms with Crippen molar-refractivity contribution in [3.63, 3.8) is 0 Å². The lowest BCUT2D eigenvalue weighted by molar-refractivity contribution is -0.274. The Labute approximate surface area is 114 Å². The minimum absolute atomic E-state index is 0.146. The molecule has 0 radical (unpaired) electrons. The van der Waals surface area contributed by atoms with E-state index < -0.39 is 18.0 Å². The summed E-state index contributed by atoms with van der Waals surface area (Å²) in [6.07, 6.45) is -5.05. The van der Waals surface area contributed by atoms with Gasteiger partial charge in [0.2, 0.25) is 5.91 Å². The molecule has 0 unspecified atom stereocenters. The van der Waals surface area contributed by atoms with Gasteiger partial charge in [-0.1, -0.05) is 0 Å². The number of carbonyl (C=O) groups excluding carboxylic acids is 2. The molecule has 1 amide bonds. The van der Waals surface area contributed by atoms with Crippen molar-refractivity contribution in [3.8, 4) is 5.75 Å². The van der Waals surface area contributed by atoms with Gasteiger partial charge in [0.15, 0.2) is 5.78 Å². The number of ether oxygens (including phenoxy) is 1. The van der Waals surface area contributed by atoms with Crippen LogP contribution in [0.25, 0.3) is 0 Å². The number of benzene rings is 1. The van der Waals surface area contributed by atoms with Crippen molar-refractivity contribution in [2.45, 2.75) is 12.8 Å². The fourth-order valence-electron chi connectivity index (χ4n) is 1.70. The van der Waals surface area contributed by atoms with Crippen LogP contribution < -0.4 is 9.64 Å². The molecule has 0 aliphatic carbocycles. The zero-order chi connectivity index (χ0) is 14.2. The minimum atomic E-state index is -4.81. The van der Waals surface area contributed by atoms with Crippen LogP contribution in [0.1, 0.15) is 6.42 Å². The Morgan fingerprint density at radius 2 is 1.95 bits per heavy atom. The van der Waals surface area contributed by atoms with E-state index >= 15 is 0 Å². The Kier molecular flexibility index (Phi) is 3.53. The molecule has 1 aromatic carbocycles. The van der Waals surface area contributed by atoms with Crippen molar-refractivity contribution in [1.29, 1.82) is 0 Å². The lowest BCUT2D eigenvalue weighted by Gasteiger charge is -2.18. The van der Waals surface area contributed by atoms with Crippen molar-refractivity contribution >= 4 is 33.3 Å². The van der Waals surface area contributed by atoms with Gasteiger partial charge >= 0.3 is 6.36 Å². The van der Waals surface area contributed by atoms with Crippen LogP contribution in [0.2, 0.25) is 0 Å². The van der Waals surface area contributed by atoms with Crippen LogP contribution in [0.3, 0.4) is 0 Å². The predicted molar refractivity (Wildman–Crippen MR) is 62.8 cm³/mol. The summed E-state index contributed by atoms with van der Waals surface area (Å²) in [6, 6.07) is 3.50. The molecule has 1 fully saturated rings. The quantitative estimate of drug-likeness (QED) is 0.779. The first-order chi connectivity index (χ1) is 8.76. The van der Waals surface area contributed by atoms with Crippen molar-refractivity contribution in [2.24, 2.45) is 0 Å². The van der Waals surface area contributed by atoms with E-state index in [4.69, 9.17) is 0 Å². The Hall–Kier alpha value is -1.57. The van der Waals surface area contributed by atoms with E-state index in [2.05, 4.69) is 20.7 Å². The summed E-state index contributed by atoms with van der Waals surface area (Å²) in [4.78, 5) is 23.8. The topological polar surface area (TPSA) is 46.6 Å². The summed E-state index contributed by atoms with van der Waals surface area (Å²) >= 11 is 3.13. The van der Waals surface area contributed by atoms with Gasteiger partial charge < -0.3 is 9.64 Å². The zero-order valence-electron chi connectivity index (χ0n) is 9.33. The van der Waals surface area contributed by atoms with E-state index in [1.165, 1.54) is 6.07 Å². The Bertz CT molecular complexity index is 544. The SMILES string of the molecule is O=C1CC(=O)N(c2cc(OC(F)(F)F)ccc2Br)C1. The summed E-state index contributed by atoms with van der Waals surface area (Å²) in [5.41, 5.74) is 0.178. The number of nitrogens with zero attached hydrogens (tertiary/aromatic N) is 1. The van der Waals surface area contributed by atoms with Gasteiger partial charge in [0, 0.05) is 10.5 Å². The third kappa shape index (κ3) is 3.25. The van der Waals surface area contributed by atoms with E-state index in [1.807, 2.05) is 0 Å². The molecule has 1 aliphatic heterocycles. The standard InChI is InChI=1S/C11H7BrF3NO3/c12-8-2-1-7(19-11(13,14)15)4-9(8)16-5-6(17)3-10(16)18/h1-2,4H,3,5H2. The van der Waals surface area contributed by atoms with Crippen LogP contribution in [0.15, 0.2) is 22.7 Å². The first-order valence-electron chi connectivity index (χ1n) is 5.13. The molecular weight excluding hydrogens is 331 g/mol. The largest absolute Gasteiger partial charge is 0.573 e. The molecule has 0 N–H and O–H groups in total. The third-order valence-corrected chi connectivity index (χ3v) is 3.10. The van der Waals surface area contributed by atoms with Crippen LogP contribution in [0.4, 0.5) is 18.9 Å². The molecule has 8 heteroatoms. The second kappa shape index (κ2) is 4.84. The molecule has 1 saturated heterocycles. The second-order valence-electron chi connectivity index (χ2n) is 3.86. The highest BCUT2D eigenvalue weighted by Gasteiger charge is 2.33. The molecule has 2 rings (SSSR count). The molecule has 0 bridgehead atoms. The number of halogens is 4. The normalized spacial score (nSPS) is 16.1. The molecule has 1 aromatic rings. The lowest BCUT2D eigenvalue weighted by Crippen LogP contribution is -2.25. The van der Waals surface area contributed by atoms with Gasteiger partial charge in [0.25, 0.3) is 0 Å². The lowest BCUT2D eigenvalue weighted by atomic mass is 10.3. The first-order valence-corrected chi connectivity index (χ1v) is 5.93. The van der Waals surface area contributed by atoms with Crippen molar-refractivity contribution in [3.05, 3.63) is 22.7 Å². The minimum Gasteiger partial charge on any atom is -0.406 e. The maximum atomic E-state index is 12.1. The number of ketones is 1. The molecule has 1 aliphatic rings. The highest BCUT2D eigenvalue weighted by atomic mass is 79.9. The monoisotopic (exact) mass is 337 g/mol. The smallest absolute Gasteiger partial charge is 0.406 e. The molecule has 19 heavy (non-hydrogen) atoms. The third-order valence-electron chi connectivity index (χ3n) is 2.43. The maximum Gasteiger partial charge on any atom is 0.573 e. The van der Waals surface area contributed by atoms with Gasteiger partial charge in [-0.25, -0.2) is 0 Å². The molecule has 102 valence electrons. The van der Waals surface area contributed by atoms with Crippen molar-refractivity contribution < 1.29 is 27.5 Å².